The van der Waals surface area contributed by atoms with Crippen LogP contribution in [-0.2, 0) is 21.2 Å². The second-order valence-electron chi connectivity index (χ2n) is 5.83. The molecule has 0 atom stereocenters. The van der Waals surface area contributed by atoms with Crippen molar-refractivity contribution in [3.63, 3.8) is 0 Å². The molecule has 0 aliphatic carbocycles. The highest BCUT2D eigenvalue weighted by atomic mass is 35.5. The molecule has 0 radical (unpaired) electrons. The molecule has 2 aromatic carbocycles. The molecule has 150 valence electrons. The molecule has 0 aliphatic rings. The summed E-state index contributed by atoms with van der Waals surface area (Å²) >= 11 is 5.87. The molecule has 0 heterocycles. The number of amides is 2. The Labute approximate surface area is 169 Å². The second kappa shape index (κ2) is 9.57. The van der Waals surface area contributed by atoms with Crippen LogP contribution in [0, 0.1) is 0 Å². The Kier molecular flexibility index (Phi) is 7.42. The van der Waals surface area contributed by atoms with E-state index in [1.807, 2.05) is 0 Å². The van der Waals surface area contributed by atoms with Crippen molar-refractivity contribution in [2.24, 2.45) is 0 Å². The highest BCUT2D eigenvalue weighted by molar-refractivity contribution is 7.89. The molecule has 0 aromatic heterocycles. The van der Waals surface area contributed by atoms with Crippen LogP contribution in [0.1, 0.15) is 22.8 Å². The number of carbonyl (C=O) groups excluding carboxylic acids is 2. The van der Waals surface area contributed by atoms with E-state index >= 15 is 0 Å². The summed E-state index contributed by atoms with van der Waals surface area (Å²) in [6.07, 6.45) is -0.421. The van der Waals surface area contributed by atoms with E-state index in [2.05, 4.69) is 5.32 Å². The van der Waals surface area contributed by atoms with Gasteiger partial charge in [0.05, 0.1) is 11.5 Å². The summed E-state index contributed by atoms with van der Waals surface area (Å²) in [7, 11) is -2.83. The molecule has 28 heavy (non-hydrogen) atoms. The van der Waals surface area contributed by atoms with Gasteiger partial charge in [-0.15, -0.1) is 0 Å². The zero-order valence-electron chi connectivity index (χ0n) is 15.5. The van der Waals surface area contributed by atoms with Gasteiger partial charge < -0.3 is 10.1 Å². The number of ether oxygens (including phenoxy) is 1. The van der Waals surface area contributed by atoms with Gasteiger partial charge in [-0.2, -0.15) is 0 Å². The molecule has 0 spiro atoms. The van der Waals surface area contributed by atoms with Crippen LogP contribution in [0.15, 0.2) is 53.4 Å². The molecule has 9 heteroatoms. The van der Waals surface area contributed by atoms with E-state index < -0.39 is 16.1 Å². The quantitative estimate of drug-likeness (QED) is 0.737. The van der Waals surface area contributed by atoms with Crippen LogP contribution in [0.4, 0.5) is 4.79 Å². The average molecular weight is 425 g/mol. The number of carbonyl (C=O) groups is 2. The minimum Gasteiger partial charge on any atom is -0.449 e. The number of rotatable bonds is 7. The lowest BCUT2D eigenvalue weighted by molar-refractivity contribution is 0.0954. The van der Waals surface area contributed by atoms with Gasteiger partial charge in [0.2, 0.25) is 0 Å². The topological polar surface area (TPSA) is 92.8 Å². The largest absolute Gasteiger partial charge is 0.449 e. The first kappa shape index (κ1) is 21.7. The first-order valence-corrected chi connectivity index (χ1v) is 10.4. The summed E-state index contributed by atoms with van der Waals surface area (Å²) in [4.78, 5) is 23.7. The highest BCUT2D eigenvalue weighted by Crippen LogP contribution is 2.16. The molecule has 0 saturated heterocycles. The minimum atomic E-state index is -3.97. The predicted octanol–water partition coefficient (Wildman–Crippen LogP) is 3.09. The summed E-state index contributed by atoms with van der Waals surface area (Å²) in [5.41, 5.74) is 1.31. The monoisotopic (exact) mass is 424 g/mol. The third-order valence-electron chi connectivity index (χ3n) is 3.89. The summed E-state index contributed by atoms with van der Waals surface area (Å²) in [5, 5.41) is 3.27. The second-order valence-corrected chi connectivity index (χ2v) is 8.24. The Hall–Kier alpha value is -2.58. The zero-order chi connectivity index (χ0) is 20.7. The summed E-state index contributed by atoms with van der Waals surface area (Å²) in [6, 6.07) is 12.7. The van der Waals surface area contributed by atoms with E-state index in [9.17, 15) is 18.0 Å². The predicted molar refractivity (Wildman–Crippen MR) is 106 cm³/mol. The van der Waals surface area contributed by atoms with Crippen molar-refractivity contribution in [1.82, 2.24) is 9.62 Å². The van der Waals surface area contributed by atoms with Gasteiger partial charge in [-0.3, -0.25) is 4.79 Å². The van der Waals surface area contributed by atoms with Gasteiger partial charge in [0, 0.05) is 24.2 Å². The van der Waals surface area contributed by atoms with E-state index in [1.165, 1.54) is 12.1 Å². The van der Waals surface area contributed by atoms with Crippen LogP contribution in [0.3, 0.4) is 0 Å². The molecular formula is C19H21ClN2O5S. The van der Waals surface area contributed by atoms with Crippen molar-refractivity contribution >= 4 is 33.6 Å². The standard InChI is InChI=1S/C19H21ClN2O5S/c1-3-27-19(24)22(2)28(25,26)17-9-7-14(8-10-17)11-12-21-18(23)15-5-4-6-16(20)13-15/h4-10,13H,3,11-12H2,1-2H3,(H,21,23). The van der Waals surface area contributed by atoms with Gasteiger partial charge in [-0.05, 0) is 49.2 Å². The van der Waals surface area contributed by atoms with Crippen LogP contribution in [0.2, 0.25) is 5.02 Å². The molecule has 0 saturated carbocycles. The Morgan fingerprint density at radius 2 is 1.82 bits per heavy atom. The first-order chi connectivity index (χ1) is 13.3. The van der Waals surface area contributed by atoms with Crippen molar-refractivity contribution in [1.29, 1.82) is 0 Å². The van der Waals surface area contributed by atoms with Crippen LogP contribution < -0.4 is 5.32 Å². The van der Waals surface area contributed by atoms with Gasteiger partial charge in [0.15, 0.2) is 0 Å². The Morgan fingerprint density at radius 1 is 1.14 bits per heavy atom. The Morgan fingerprint density at radius 3 is 2.43 bits per heavy atom. The van der Waals surface area contributed by atoms with E-state index in [0.717, 1.165) is 12.6 Å². The number of sulfonamides is 1. The van der Waals surface area contributed by atoms with E-state index in [4.69, 9.17) is 16.3 Å². The van der Waals surface area contributed by atoms with Crippen molar-refractivity contribution < 1.29 is 22.7 Å². The van der Waals surface area contributed by atoms with Crippen molar-refractivity contribution in [3.05, 3.63) is 64.7 Å². The van der Waals surface area contributed by atoms with Crippen molar-refractivity contribution in [2.45, 2.75) is 18.2 Å². The summed E-state index contributed by atoms with van der Waals surface area (Å²) in [5.74, 6) is -0.238. The van der Waals surface area contributed by atoms with E-state index in [1.54, 1.807) is 43.3 Å². The summed E-state index contributed by atoms with van der Waals surface area (Å²) in [6.45, 7) is 2.05. The maximum Gasteiger partial charge on any atom is 0.423 e. The molecular weight excluding hydrogens is 404 g/mol. The third kappa shape index (κ3) is 5.46. The first-order valence-electron chi connectivity index (χ1n) is 8.54. The maximum atomic E-state index is 12.4. The smallest absolute Gasteiger partial charge is 0.423 e. The van der Waals surface area contributed by atoms with Crippen LogP contribution in [0.25, 0.3) is 0 Å². The lowest BCUT2D eigenvalue weighted by Crippen LogP contribution is -2.33. The number of hydrogen-bond donors (Lipinski definition) is 1. The molecule has 0 aliphatic heterocycles. The molecule has 0 unspecified atom stereocenters. The fourth-order valence-electron chi connectivity index (χ4n) is 2.35. The number of benzene rings is 2. The Balaban J connectivity index is 1.95. The van der Waals surface area contributed by atoms with Crippen molar-refractivity contribution in [3.8, 4) is 0 Å². The van der Waals surface area contributed by atoms with Crippen LogP contribution >= 0.6 is 11.6 Å². The van der Waals surface area contributed by atoms with Crippen LogP contribution in [-0.4, -0.2) is 44.9 Å². The van der Waals surface area contributed by atoms with Gasteiger partial charge in [-0.1, -0.05) is 29.8 Å². The van der Waals surface area contributed by atoms with Crippen LogP contribution in [0.5, 0.6) is 0 Å². The van der Waals surface area contributed by atoms with E-state index in [-0.39, 0.29) is 17.4 Å². The van der Waals surface area contributed by atoms with E-state index in [0.29, 0.717) is 27.9 Å². The Bertz CT molecular complexity index is 945. The molecule has 0 fully saturated rings. The zero-order valence-corrected chi connectivity index (χ0v) is 17.1. The fraction of sp³-hybridized carbons (Fsp3) is 0.263. The fourth-order valence-corrected chi connectivity index (χ4v) is 3.59. The number of halogens is 1. The van der Waals surface area contributed by atoms with Gasteiger partial charge in [0.1, 0.15) is 0 Å². The maximum absolute atomic E-state index is 12.4. The summed E-state index contributed by atoms with van der Waals surface area (Å²) < 4.78 is 30.1. The number of hydrogen-bond acceptors (Lipinski definition) is 5. The lowest BCUT2D eigenvalue weighted by atomic mass is 10.1. The van der Waals surface area contributed by atoms with Gasteiger partial charge >= 0.3 is 6.09 Å². The average Bonchev–Trinajstić information content (AvgIpc) is 2.68. The third-order valence-corrected chi connectivity index (χ3v) is 5.87. The number of nitrogens with one attached hydrogen (secondary N) is 1. The molecule has 1 N–H and O–H groups in total. The molecule has 7 nitrogen and oxygen atoms in total. The number of nitrogens with zero attached hydrogens (tertiary/aromatic N) is 1. The normalized spacial score (nSPS) is 11.0. The van der Waals surface area contributed by atoms with Gasteiger partial charge in [-0.25, -0.2) is 17.5 Å². The highest BCUT2D eigenvalue weighted by Gasteiger charge is 2.26. The molecule has 0 bridgehead atoms. The lowest BCUT2D eigenvalue weighted by Gasteiger charge is -2.17. The minimum absolute atomic E-state index is 0.0187. The molecule has 2 rings (SSSR count). The molecule has 2 aromatic rings. The van der Waals surface area contributed by atoms with Gasteiger partial charge in [0.25, 0.3) is 15.9 Å². The van der Waals surface area contributed by atoms with Crippen molar-refractivity contribution in [2.75, 3.05) is 20.2 Å². The SMILES string of the molecule is CCOC(=O)N(C)S(=O)(=O)c1ccc(CCNC(=O)c2cccc(Cl)c2)cc1. The molecule has 2 amide bonds.